The van der Waals surface area contributed by atoms with Gasteiger partial charge in [-0.25, -0.2) is 0 Å². The molecule has 0 aliphatic carbocycles. The maximum absolute atomic E-state index is 12.6. The minimum absolute atomic E-state index is 0.160. The normalized spacial score (nSPS) is 12.4. The number of rotatable bonds is 5. The quantitative estimate of drug-likeness (QED) is 0.829. The number of benzene rings is 2. The second-order valence-corrected chi connectivity index (χ2v) is 5.70. The largest absolute Gasteiger partial charge is 0.344 e. The second-order valence-electron chi connectivity index (χ2n) is 5.70. The topological polar surface area (TPSA) is 58.2 Å². The zero-order chi connectivity index (χ0) is 17.5. The molecule has 0 fully saturated rings. The van der Waals surface area contributed by atoms with E-state index in [4.69, 9.17) is 0 Å². The molecule has 0 heterocycles. The average Bonchev–Trinajstić information content (AvgIpc) is 2.56. The fourth-order valence-corrected chi connectivity index (χ4v) is 2.35. The van der Waals surface area contributed by atoms with Crippen LogP contribution in [0.4, 0.5) is 0 Å². The lowest BCUT2D eigenvalue weighted by Gasteiger charge is -2.16. The van der Waals surface area contributed by atoms with Crippen molar-refractivity contribution in [3.05, 3.63) is 77.0 Å². The van der Waals surface area contributed by atoms with E-state index in [2.05, 4.69) is 10.6 Å². The van der Waals surface area contributed by atoms with Crippen molar-refractivity contribution in [2.24, 2.45) is 0 Å². The fourth-order valence-electron chi connectivity index (χ4n) is 2.35. The summed E-state index contributed by atoms with van der Waals surface area (Å²) in [5.74, 6) is -0.595. The second kappa shape index (κ2) is 8.11. The highest BCUT2D eigenvalue weighted by Gasteiger charge is 2.15. The van der Waals surface area contributed by atoms with Gasteiger partial charge in [-0.1, -0.05) is 54.6 Å². The van der Waals surface area contributed by atoms with Crippen LogP contribution in [0.3, 0.4) is 0 Å². The van der Waals surface area contributed by atoms with Gasteiger partial charge in [-0.05, 0) is 36.6 Å². The Kier molecular flexibility index (Phi) is 5.90. The molecule has 1 atom stereocenters. The summed E-state index contributed by atoms with van der Waals surface area (Å²) in [6, 6.07) is 17.2. The molecule has 24 heavy (non-hydrogen) atoms. The van der Waals surface area contributed by atoms with E-state index >= 15 is 0 Å². The van der Waals surface area contributed by atoms with Crippen molar-refractivity contribution >= 4 is 17.9 Å². The van der Waals surface area contributed by atoms with Crippen LogP contribution in [0.15, 0.2) is 60.3 Å². The van der Waals surface area contributed by atoms with Gasteiger partial charge >= 0.3 is 0 Å². The van der Waals surface area contributed by atoms with E-state index < -0.39 is 0 Å². The molecular weight excluding hydrogens is 300 g/mol. The van der Waals surface area contributed by atoms with Gasteiger partial charge in [-0.15, -0.1) is 0 Å². The van der Waals surface area contributed by atoms with E-state index in [0.29, 0.717) is 0 Å². The number of hydrogen-bond donors (Lipinski definition) is 2. The fraction of sp³-hybridized carbons (Fsp3) is 0.200. The highest BCUT2D eigenvalue weighted by atomic mass is 16.2. The summed E-state index contributed by atoms with van der Waals surface area (Å²) in [6.45, 7) is 5.26. The molecule has 2 N–H and O–H groups in total. The minimum Gasteiger partial charge on any atom is -0.344 e. The molecule has 0 saturated carbocycles. The highest BCUT2D eigenvalue weighted by molar-refractivity contribution is 6.01. The molecule has 4 heteroatoms. The van der Waals surface area contributed by atoms with Crippen molar-refractivity contribution < 1.29 is 9.59 Å². The third-order valence-electron chi connectivity index (χ3n) is 3.69. The van der Waals surface area contributed by atoms with Crippen LogP contribution in [0.2, 0.25) is 0 Å². The zero-order valence-corrected chi connectivity index (χ0v) is 14.2. The Morgan fingerprint density at radius 3 is 2.25 bits per heavy atom. The molecule has 124 valence electrons. The van der Waals surface area contributed by atoms with Crippen LogP contribution in [0.25, 0.3) is 6.08 Å². The van der Waals surface area contributed by atoms with Crippen LogP contribution in [-0.2, 0) is 9.59 Å². The van der Waals surface area contributed by atoms with Crippen LogP contribution in [0.5, 0.6) is 0 Å². The Hall–Kier alpha value is -2.88. The van der Waals surface area contributed by atoms with Crippen LogP contribution < -0.4 is 10.6 Å². The van der Waals surface area contributed by atoms with Gasteiger partial charge < -0.3 is 10.6 Å². The molecule has 2 amide bonds. The van der Waals surface area contributed by atoms with Crippen molar-refractivity contribution in [2.45, 2.75) is 26.8 Å². The van der Waals surface area contributed by atoms with Crippen molar-refractivity contribution in [3.63, 3.8) is 0 Å². The lowest BCUT2D eigenvalue weighted by atomic mass is 10.1. The Morgan fingerprint density at radius 1 is 1.00 bits per heavy atom. The summed E-state index contributed by atoms with van der Waals surface area (Å²) in [5, 5.41) is 5.54. The van der Waals surface area contributed by atoms with Gasteiger partial charge in [-0.3, -0.25) is 9.59 Å². The predicted octanol–water partition coefficient (Wildman–Crippen LogP) is 3.35. The molecular formula is C20H22N2O2. The number of hydrogen-bond acceptors (Lipinski definition) is 2. The summed E-state index contributed by atoms with van der Waals surface area (Å²) >= 11 is 0. The Morgan fingerprint density at radius 2 is 1.62 bits per heavy atom. The van der Waals surface area contributed by atoms with Crippen molar-refractivity contribution in [2.75, 3.05) is 0 Å². The molecule has 2 aromatic carbocycles. The Bertz CT molecular complexity index is 751. The van der Waals surface area contributed by atoms with Crippen LogP contribution in [-0.4, -0.2) is 11.8 Å². The van der Waals surface area contributed by atoms with Crippen LogP contribution in [0.1, 0.15) is 36.6 Å². The summed E-state index contributed by atoms with van der Waals surface area (Å²) in [7, 11) is 0. The van der Waals surface area contributed by atoms with Crippen molar-refractivity contribution in [1.82, 2.24) is 10.6 Å². The van der Waals surface area contributed by atoms with Gasteiger partial charge in [0.05, 0.1) is 6.04 Å². The minimum atomic E-state index is -0.315. The van der Waals surface area contributed by atoms with Crippen LogP contribution in [0, 0.1) is 6.92 Å². The van der Waals surface area contributed by atoms with E-state index in [1.165, 1.54) is 6.92 Å². The monoisotopic (exact) mass is 322 g/mol. The average molecular weight is 322 g/mol. The predicted molar refractivity (Wildman–Crippen MR) is 96.0 cm³/mol. The van der Waals surface area contributed by atoms with Gasteiger partial charge in [0.25, 0.3) is 5.91 Å². The van der Waals surface area contributed by atoms with E-state index in [-0.39, 0.29) is 23.6 Å². The number of amides is 2. The SMILES string of the molecule is CC(=O)N/C(=C\c1ccccc1C)C(=O)N[C@@H](C)c1ccccc1. The maximum Gasteiger partial charge on any atom is 0.268 e. The summed E-state index contributed by atoms with van der Waals surface area (Å²) in [5.41, 5.74) is 3.16. The van der Waals surface area contributed by atoms with Crippen molar-refractivity contribution in [3.8, 4) is 0 Å². The summed E-state index contributed by atoms with van der Waals surface area (Å²) in [6.07, 6.45) is 1.70. The lowest BCUT2D eigenvalue weighted by Crippen LogP contribution is -2.35. The van der Waals surface area contributed by atoms with Gasteiger partial charge in [0, 0.05) is 6.92 Å². The summed E-state index contributed by atoms with van der Waals surface area (Å²) < 4.78 is 0. The first-order valence-corrected chi connectivity index (χ1v) is 7.88. The molecule has 0 aromatic heterocycles. The molecule has 2 rings (SSSR count). The Balaban J connectivity index is 2.23. The standard InChI is InChI=1S/C20H22N2O2/c1-14-9-7-8-12-18(14)13-19(22-16(3)23)20(24)21-15(2)17-10-5-4-6-11-17/h4-13,15H,1-3H3,(H,21,24)(H,22,23)/b19-13-/t15-/m0/s1. The first-order chi connectivity index (χ1) is 11.5. The molecule has 0 saturated heterocycles. The molecule has 0 bridgehead atoms. The first kappa shape index (κ1) is 17.5. The summed E-state index contributed by atoms with van der Waals surface area (Å²) in [4.78, 5) is 24.0. The number of nitrogens with one attached hydrogen (secondary N) is 2. The third kappa shape index (κ3) is 4.81. The molecule has 0 aliphatic rings. The van der Waals surface area contributed by atoms with Gasteiger partial charge in [0.1, 0.15) is 5.70 Å². The zero-order valence-electron chi connectivity index (χ0n) is 14.2. The van der Waals surface area contributed by atoms with Crippen molar-refractivity contribution in [1.29, 1.82) is 0 Å². The van der Waals surface area contributed by atoms with E-state index in [9.17, 15) is 9.59 Å². The highest BCUT2D eigenvalue weighted by Crippen LogP contribution is 2.14. The molecule has 2 aromatic rings. The van der Waals surface area contributed by atoms with Gasteiger partial charge in [0.15, 0.2) is 0 Å². The van der Waals surface area contributed by atoms with E-state index in [1.54, 1.807) is 6.08 Å². The number of carbonyl (C=O) groups excluding carboxylic acids is 2. The first-order valence-electron chi connectivity index (χ1n) is 7.88. The smallest absolute Gasteiger partial charge is 0.268 e. The number of aryl methyl sites for hydroxylation is 1. The third-order valence-corrected chi connectivity index (χ3v) is 3.69. The van der Waals surface area contributed by atoms with Gasteiger partial charge in [-0.2, -0.15) is 0 Å². The molecule has 0 radical (unpaired) electrons. The molecule has 0 spiro atoms. The lowest BCUT2D eigenvalue weighted by molar-refractivity contribution is -0.122. The number of carbonyl (C=O) groups is 2. The Labute approximate surface area is 142 Å². The molecule has 0 aliphatic heterocycles. The molecule has 0 unspecified atom stereocenters. The van der Waals surface area contributed by atoms with Crippen LogP contribution >= 0.6 is 0 Å². The van der Waals surface area contributed by atoms with E-state index in [0.717, 1.165) is 16.7 Å². The van der Waals surface area contributed by atoms with E-state index in [1.807, 2.05) is 68.4 Å². The maximum atomic E-state index is 12.6. The van der Waals surface area contributed by atoms with Gasteiger partial charge in [0.2, 0.25) is 5.91 Å². The molecule has 4 nitrogen and oxygen atoms in total.